The topological polar surface area (TPSA) is 84.0 Å². The Labute approximate surface area is 137 Å². The van der Waals surface area contributed by atoms with Crippen molar-refractivity contribution in [1.29, 1.82) is 0 Å². The standard InChI is InChI=1S/C16H22N4O2S/c1-4-5-11-23(21,22)20-15-10-9-14(18-19-15)17-16-12(2)7-6-8-13(16)3/h6-10H,4-5,11H2,1-3H3,(H,17,18)(H,19,20). The molecule has 0 saturated heterocycles. The first kappa shape index (κ1) is 17.2. The molecule has 2 rings (SSSR count). The number of hydrogen-bond acceptors (Lipinski definition) is 5. The quantitative estimate of drug-likeness (QED) is 0.811. The Hall–Kier alpha value is -2.15. The Morgan fingerprint density at radius 2 is 1.61 bits per heavy atom. The fourth-order valence-corrected chi connectivity index (χ4v) is 3.34. The highest BCUT2D eigenvalue weighted by Crippen LogP contribution is 2.23. The van der Waals surface area contributed by atoms with Crippen LogP contribution in [0.4, 0.5) is 17.3 Å². The van der Waals surface area contributed by atoms with Gasteiger partial charge in [-0.15, -0.1) is 10.2 Å². The van der Waals surface area contributed by atoms with E-state index in [9.17, 15) is 8.42 Å². The van der Waals surface area contributed by atoms with E-state index in [4.69, 9.17) is 0 Å². The summed E-state index contributed by atoms with van der Waals surface area (Å²) in [7, 11) is -3.35. The maximum absolute atomic E-state index is 11.8. The van der Waals surface area contributed by atoms with Crippen LogP contribution in [-0.2, 0) is 10.0 Å². The number of unbranched alkanes of at least 4 members (excludes halogenated alkanes) is 1. The highest BCUT2D eigenvalue weighted by atomic mass is 32.2. The van der Waals surface area contributed by atoms with Crippen molar-refractivity contribution in [2.24, 2.45) is 0 Å². The molecule has 1 aromatic heterocycles. The molecule has 1 aromatic carbocycles. The number of anilines is 3. The van der Waals surface area contributed by atoms with Gasteiger partial charge < -0.3 is 5.32 Å². The molecule has 0 aliphatic rings. The summed E-state index contributed by atoms with van der Waals surface area (Å²) in [6.07, 6.45) is 1.44. The lowest BCUT2D eigenvalue weighted by molar-refractivity contribution is 0.597. The summed E-state index contributed by atoms with van der Waals surface area (Å²) in [5, 5.41) is 11.2. The van der Waals surface area contributed by atoms with Crippen LogP contribution >= 0.6 is 0 Å². The van der Waals surface area contributed by atoms with E-state index in [1.165, 1.54) is 0 Å². The molecule has 0 spiro atoms. The Balaban J connectivity index is 2.08. The number of hydrogen-bond donors (Lipinski definition) is 2. The Kier molecular flexibility index (Phi) is 5.54. The maximum atomic E-state index is 11.8. The summed E-state index contributed by atoms with van der Waals surface area (Å²) in [5.41, 5.74) is 3.20. The first-order chi connectivity index (χ1) is 10.9. The lowest BCUT2D eigenvalue weighted by Crippen LogP contribution is -2.17. The van der Waals surface area contributed by atoms with Crippen molar-refractivity contribution in [3.05, 3.63) is 41.5 Å². The summed E-state index contributed by atoms with van der Waals surface area (Å²) in [6.45, 7) is 5.97. The molecule has 2 aromatic rings. The van der Waals surface area contributed by atoms with E-state index in [0.717, 1.165) is 23.2 Å². The summed E-state index contributed by atoms with van der Waals surface area (Å²) in [5.74, 6) is 0.889. The molecule has 0 amide bonds. The van der Waals surface area contributed by atoms with E-state index >= 15 is 0 Å². The van der Waals surface area contributed by atoms with Crippen LogP contribution in [0, 0.1) is 13.8 Å². The smallest absolute Gasteiger partial charge is 0.233 e. The third-order valence-electron chi connectivity index (χ3n) is 3.43. The molecule has 6 nitrogen and oxygen atoms in total. The van der Waals surface area contributed by atoms with Gasteiger partial charge in [-0.25, -0.2) is 8.42 Å². The minimum atomic E-state index is -3.35. The number of nitrogens with one attached hydrogen (secondary N) is 2. The van der Waals surface area contributed by atoms with Crippen LogP contribution in [-0.4, -0.2) is 24.4 Å². The second-order valence-corrected chi connectivity index (χ2v) is 7.31. The van der Waals surface area contributed by atoms with Crippen molar-refractivity contribution < 1.29 is 8.42 Å². The molecule has 0 unspecified atom stereocenters. The maximum Gasteiger partial charge on any atom is 0.233 e. The van der Waals surface area contributed by atoms with Crippen molar-refractivity contribution in [3.8, 4) is 0 Å². The second kappa shape index (κ2) is 7.41. The summed E-state index contributed by atoms with van der Waals surface area (Å²) >= 11 is 0. The van der Waals surface area contributed by atoms with Crippen molar-refractivity contribution in [2.45, 2.75) is 33.6 Å². The van der Waals surface area contributed by atoms with Gasteiger partial charge in [0.15, 0.2) is 11.6 Å². The van der Waals surface area contributed by atoms with E-state index in [2.05, 4.69) is 20.2 Å². The zero-order valence-corrected chi connectivity index (χ0v) is 14.4. The number of rotatable bonds is 7. The third kappa shape index (κ3) is 4.92. The molecule has 124 valence electrons. The molecule has 0 aliphatic carbocycles. The van der Waals surface area contributed by atoms with Gasteiger partial charge >= 0.3 is 0 Å². The van der Waals surface area contributed by atoms with Crippen LogP contribution < -0.4 is 10.0 Å². The number of sulfonamides is 1. The molecule has 0 radical (unpaired) electrons. The summed E-state index contributed by atoms with van der Waals surface area (Å²) in [6, 6.07) is 9.33. The first-order valence-corrected chi connectivity index (χ1v) is 9.24. The zero-order valence-electron chi connectivity index (χ0n) is 13.6. The number of benzene rings is 1. The average molecular weight is 334 g/mol. The van der Waals surface area contributed by atoms with E-state index < -0.39 is 10.0 Å². The van der Waals surface area contributed by atoms with Gasteiger partial charge in [0.25, 0.3) is 0 Å². The monoisotopic (exact) mass is 334 g/mol. The number of aryl methyl sites for hydroxylation is 2. The van der Waals surface area contributed by atoms with Gasteiger partial charge in [0.05, 0.1) is 5.75 Å². The predicted molar refractivity (Wildman–Crippen MR) is 93.5 cm³/mol. The van der Waals surface area contributed by atoms with Crippen molar-refractivity contribution >= 4 is 27.3 Å². The largest absolute Gasteiger partial charge is 0.338 e. The molecule has 7 heteroatoms. The van der Waals surface area contributed by atoms with Crippen LogP contribution in [0.3, 0.4) is 0 Å². The van der Waals surface area contributed by atoms with Gasteiger partial charge in [0.1, 0.15) is 0 Å². The van der Waals surface area contributed by atoms with Crippen LogP contribution in [0.5, 0.6) is 0 Å². The fourth-order valence-electron chi connectivity index (χ4n) is 2.14. The molecule has 0 fully saturated rings. The third-order valence-corrected chi connectivity index (χ3v) is 4.77. The van der Waals surface area contributed by atoms with Crippen molar-refractivity contribution in [3.63, 3.8) is 0 Å². The molecular weight excluding hydrogens is 312 g/mol. The molecule has 23 heavy (non-hydrogen) atoms. The number of para-hydroxylation sites is 1. The Morgan fingerprint density at radius 1 is 1.00 bits per heavy atom. The van der Waals surface area contributed by atoms with E-state index in [1.54, 1.807) is 12.1 Å². The van der Waals surface area contributed by atoms with Gasteiger partial charge in [-0.1, -0.05) is 31.5 Å². The molecule has 0 saturated carbocycles. The van der Waals surface area contributed by atoms with Gasteiger partial charge in [-0.3, -0.25) is 4.72 Å². The summed E-state index contributed by atoms with van der Waals surface area (Å²) in [4.78, 5) is 0. The van der Waals surface area contributed by atoms with Gasteiger partial charge in [-0.2, -0.15) is 0 Å². The molecule has 0 bridgehead atoms. The van der Waals surface area contributed by atoms with E-state index in [0.29, 0.717) is 12.2 Å². The van der Waals surface area contributed by atoms with Gasteiger partial charge in [0.2, 0.25) is 10.0 Å². The SMILES string of the molecule is CCCCS(=O)(=O)Nc1ccc(Nc2c(C)cccc2C)nn1. The summed E-state index contributed by atoms with van der Waals surface area (Å²) < 4.78 is 26.1. The zero-order chi connectivity index (χ0) is 16.9. The van der Waals surface area contributed by atoms with Crippen molar-refractivity contribution in [2.75, 3.05) is 15.8 Å². The Bertz CT molecular complexity index is 738. The van der Waals surface area contributed by atoms with Crippen LogP contribution in [0.1, 0.15) is 30.9 Å². The number of aromatic nitrogens is 2. The van der Waals surface area contributed by atoms with E-state index in [1.807, 2.05) is 39.0 Å². The second-order valence-electron chi connectivity index (χ2n) is 5.47. The van der Waals surface area contributed by atoms with Crippen LogP contribution in [0.2, 0.25) is 0 Å². The van der Waals surface area contributed by atoms with Gasteiger partial charge in [-0.05, 0) is 43.5 Å². The van der Waals surface area contributed by atoms with Crippen LogP contribution in [0.25, 0.3) is 0 Å². The fraction of sp³-hybridized carbons (Fsp3) is 0.375. The highest BCUT2D eigenvalue weighted by molar-refractivity contribution is 7.92. The minimum Gasteiger partial charge on any atom is -0.338 e. The lowest BCUT2D eigenvalue weighted by atomic mass is 10.1. The number of nitrogens with zero attached hydrogens (tertiary/aromatic N) is 2. The van der Waals surface area contributed by atoms with Crippen LogP contribution in [0.15, 0.2) is 30.3 Å². The Morgan fingerprint density at radius 3 is 2.17 bits per heavy atom. The van der Waals surface area contributed by atoms with Crippen molar-refractivity contribution in [1.82, 2.24) is 10.2 Å². The molecule has 2 N–H and O–H groups in total. The minimum absolute atomic E-state index is 0.0909. The molecule has 1 heterocycles. The first-order valence-electron chi connectivity index (χ1n) is 7.59. The average Bonchev–Trinajstić information content (AvgIpc) is 2.50. The lowest BCUT2D eigenvalue weighted by Gasteiger charge is -2.12. The normalized spacial score (nSPS) is 11.3. The van der Waals surface area contributed by atoms with Gasteiger partial charge in [0, 0.05) is 5.69 Å². The van der Waals surface area contributed by atoms with E-state index in [-0.39, 0.29) is 11.6 Å². The highest BCUT2D eigenvalue weighted by Gasteiger charge is 2.11. The molecular formula is C16H22N4O2S. The molecule has 0 aliphatic heterocycles. The molecule has 0 atom stereocenters. The predicted octanol–water partition coefficient (Wildman–Crippen LogP) is 3.38.